The molecular weight excluding hydrogens is 505 g/mol. The Labute approximate surface area is 202 Å². The number of rotatable bonds is 5. The van der Waals surface area contributed by atoms with Gasteiger partial charge in [-0.1, -0.05) is 0 Å². The number of sulfonamides is 1. The maximum Gasteiger partial charge on any atom is 0.409 e. The number of alkyl halides is 3. The minimum absolute atomic E-state index is 0.00758. The fourth-order valence-corrected chi connectivity index (χ4v) is 5.37. The van der Waals surface area contributed by atoms with Crippen LogP contribution < -0.4 is 4.31 Å². The smallest absolute Gasteiger partial charge is 0.294 e. The standard InChI is InChI=1S/C23H16F5N5O2S/c1-13-8-20-17(10-19(13)24)18(11-29)22(32(20)15-5-7-31-21(25)9-15)33(14(2)23(26,27)28)36(34,35)16-4-3-6-30-12-16/h3-10,12,14H,1-2H3/t14-/m0/s1. The van der Waals surface area contributed by atoms with Crippen LogP contribution in [0.2, 0.25) is 0 Å². The molecule has 0 saturated heterocycles. The number of hydrogen-bond donors (Lipinski definition) is 0. The summed E-state index contributed by atoms with van der Waals surface area (Å²) in [4.78, 5) is 6.53. The van der Waals surface area contributed by atoms with Crippen LogP contribution in [-0.4, -0.2) is 35.2 Å². The lowest BCUT2D eigenvalue weighted by Crippen LogP contribution is -2.48. The Bertz CT molecular complexity index is 1610. The molecule has 1 atom stereocenters. The van der Waals surface area contributed by atoms with E-state index in [4.69, 9.17) is 0 Å². The van der Waals surface area contributed by atoms with E-state index in [9.17, 15) is 35.6 Å². The minimum atomic E-state index is -5.09. The molecule has 3 aromatic heterocycles. The number of hydrogen-bond acceptors (Lipinski definition) is 5. The fourth-order valence-electron chi connectivity index (χ4n) is 3.76. The summed E-state index contributed by atoms with van der Waals surface area (Å²) in [5, 5.41) is 9.82. The lowest BCUT2D eigenvalue weighted by atomic mass is 10.1. The summed E-state index contributed by atoms with van der Waals surface area (Å²) in [5.74, 6) is -2.52. The van der Waals surface area contributed by atoms with Crippen molar-refractivity contribution in [3.05, 3.63) is 77.9 Å². The first-order valence-electron chi connectivity index (χ1n) is 10.3. The van der Waals surface area contributed by atoms with Gasteiger partial charge in [0, 0.05) is 30.0 Å². The Hall–Kier alpha value is -4.05. The third kappa shape index (κ3) is 4.13. The first-order valence-corrected chi connectivity index (χ1v) is 11.7. The van der Waals surface area contributed by atoms with Crippen LogP contribution in [0.15, 0.2) is 59.9 Å². The van der Waals surface area contributed by atoms with Gasteiger partial charge in [0.25, 0.3) is 10.0 Å². The number of halogens is 5. The van der Waals surface area contributed by atoms with Crippen LogP contribution in [0.3, 0.4) is 0 Å². The molecular formula is C23H16F5N5O2S. The predicted molar refractivity (Wildman–Crippen MR) is 120 cm³/mol. The van der Waals surface area contributed by atoms with Gasteiger partial charge in [-0.2, -0.15) is 22.8 Å². The molecule has 36 heavy (non-hydrogen) atoms. The highest BCUT2D eigenvalue weighted by Gasteiger charge is 2.48. The second kappa shape index (κ2) is 8.87. The van der Waals surface area contributed by atoms with Gasteiger partial charge in [0.2, 0.25) is 5.95 Å². The van der Waals surface area contributed by atoms with Gasteiger partial charge in [0.15, 0.2) is 0 Å². The van der Waals surface area contributed by atoms with E-state index < -0.39 is 50.3 Å². The maximum absolute atomic E-state index is 14.5. The molecule has 7 nitrogen and oxygen atoms in total. The van der Waals surface area contributed by atoms with E-state index in [1.54, 1.807) is 6.07 Å². The summed E-state index contributed by atoms with van der Waals surface area (Å²) >= 11 is 0. The molecule has 186 valence electrons. The molecule has 0 bridgehead atoms. The highest BCUT2D eigenvalue weighted by Crippen LogP contribution is 2.42. The summed E-state index contributed by atoms with van der Waals surface area (Å²) in [6.07, 6.45) is -1.97. The Kier molecular flexibility index (Phi) is 6.17. The molecule has 4 aromatic rings. The number of aryl methyl sites for hydroxylation is 1. The Morgan fingerprint density at radius 1 is 1.14 bits per heavy atom. The van der Waals surface area contributed by atoms with Crippen molar-refractivity contribution in [2.45, 2.75) is 31.0 Å². The molecule has 0 N–H and O–H groups in total. The molecule has 13 heteroatoms. The normalized spacial score (nSPS) is 12.9. The SMILES string of the molecule is Cc1cc2c(cc1F)c(C#N)c(N([C@@H](C)C(F)(F)F)S(=O)(=O)c1cccnc1)n2-c1ccnc(F)c1. The van der Waals surface area contributed by atoms with E-state index in [1.165, 1.54) is 31.3 Å². The molecule has 3 heterocycles. The van der Waals surface area contributed by atoms with Gasteiger partial charge in [-0.15, -0.1) is 0 Å². The second-order valence-corrected chi connectivity index (χ2v) is 9.62. The summed E-state index contributed by atoms with van der Waals surface area (Å²) in [7, 11) is -5.00. The molecule has 0 radical (unpaired) electrons. The number of nitrogens with zero attached hydrogens (tertiary/aromatic N) is 5. The maximum atomic E-state index is 14.5. The third-order valence-electron chi connectivity index (χ3n) is 5.53. The monoisotopic (exact) mass is 521 g/mol. The molecule has 0 unspecified atom stereocenters. The van der Waals surface area contributed by atoms with Gasteiger partial charge in [-0.3, -0.25) is 9.55 Å². The largest absolute Gasteiger partial charge is 0.409 e. The topological polar surface area (TPSA) is 91.9 Å². The highest BCUT2D eigenvalue weighted by atomic mass is 32.2. The van der Waals surface area contributed by atoms with E-state index in [0.717, 1.165) is 35.2 Å². The van der Waals surface area contributed by atoms with Gasteiger partial charge >= 0.3 is 6.18 Å². The first-order chi connectivity index (χ1) is 16.9. The van der Waals surface area contributed by atoms with E-state index in [1.807, 2.05) is 0 Å². The number of benzene rings is 1. The van der Waals surface area contributed by atoms with Gasteiger partial charge in [-0.05, 0) is 49.7 Å². The summed E-state index contributed by atoms with van der Waals surface area (Å²) in [6.45, 7) is 1.99. The summed E-state index contributed by atoms with van der Waals surface area (Å²) in [6, 6.07) is 5.54. The Morgan fingerprint density at radius 2 is 1.86 bits per heavy atom. The van der Waals surface area contributed by atoms with Crippen molar-refractivity contribution >= 4 is 26.7 Å². The lowest BCUT2D eigenvalue weighted by molar-refractivity contribution is -0.142. The molecule has 0 fully saturated rings. The average molecular weight is 521 g/mol. The number of aromatic nitrogens is 3. The van der Waals surface area contributed by atoms with Crippen molar-refractivity contribution in [2.24, 2.45) is 0 Å². The predicted octanol–water partition coefficient (Wildman–Crippen LogP) is 5.02. The van der Waals surface area contributed by atoms with Crippen LogP contribution in [0.4, 0.5) is 27.8 Å². The zero-order valence-corrected chi connectivity index (χ0v) is 19.4. The lowest BCUT2D eigenvalue weighted by Gasteiger charge is -2.32. The number of anilines is 1. The van der Waals surface area contributed by atoms with Gasteiger partial charge in [-0.25, -0.2) is 22.1 Å². The molecule has 0 amide bonds. The Balaban J connectivity index is 2.22. The van der Waals surface area contributed by atoms with Gasteiger partial charge < -0.3 is 0 Å². The first kappa shape index (κ1) is 25.1. The quantitative estimate of drug-likeness (QED) is 0.272. The van der Waals surface area contributed by atoms with Crippen LogP contribution in [-0.2, 0) is 10.0 Å². The van der Waals surface area contributed by atoms with Gasteiger partial charge in [0.1, 0.15) is 34.2 Å². The van der Waals surface area contributed by atoms with E-state index in [2.05, 4.69) is 9.97 Å². The van der Waals surface area contributed by atoms with Crippen LogP contribution in [0.25, 0.3) is 16.6 Å². The van der Waals surface area contributed by atoms with Crippen LogP contribution >= 0.6 is 0 Å². The van der Waals surface area contributed by atoms with Crippen LogP contribution in [0.5, 0.6) is 0 Å². The minimum Gasteiger partial charge on any atom is -0.294 e. The fraction of sp³-hybridized carbons (Fsp3) is 0.174. The average Bonchev–Trinajstić information content (AvgIpc) is 3.11. The van der Waals surface area contributed by atoms with Crippen LogP contribution in [0, 0.1) is 30.0 Å². The van der Waals surface area contributed by atoms with Crippen molar-refractivity contribution in [3.8, 4) is 11.8 Å². The molecule has 0 saturated carbocycles. The molecule has 4 rings (SSSR count). The molecule has 1 aromatic carbocycles. The van der Waals surface area contributed by atoms with E-state index in [0.29, 0.717) is 6.92 Å². The van der Waals surface area contributed by atoms with Crippen molar-refractivity contribution < 1.29 is 30.4 Å². The number of pyridine rings is 2. The van der Waals surface area contributed by atoms with E-state index in [-0.39, 0.29) is 26.5 Å². The second-order valence-electron chi connectivity index (χ2n) is 7.81. The molecule has 0 spiro atoms. The molecule has 0 aliphatic carbocycles. The van der Waals surface area contributed by atoms with Crippen molar-refractivity contribution in [3.63, 3.8) is 0 Å². The third-order valence-corrected chi connectivity index (χ3v) is 7.37. The number of nitriles is 1. The van der Waals surface area contributed by atoms with Crippen molar-refractivity contribution in [1.82, 2.24) is 14.5 Å². The van der Waals surface area contributed by atoms with Crippen molar-refractivity contribution in [1.29, 1.82) is 5.26 Å². The van der Waals surface area contributed by atoms with Crippen LogP contribution in [0.1, 0.15) is 18.1 Å². The van der Waals surface area contributed by atoms with Gasteiger partial charge in [0.05, 0.1) is 11.2 Å². The molecule has 0 aliphatic heterocycles. The van der Waals surface area contributed by atoms with Crippen molar-refractivity contribution in [2.75, 3.05) is 4.31 Å². The van der Waals surface area contributed by atoms with E-state index >= 15 is 0 Å². The Morgan fingerprint density at radius 3 is 2.44 bits per heavy atom. The summed E-state index contributed by atoms with van der Waals surface area (Å²) in [5.41, 5.74) is -0.621. The number of fused-ring (bicyclic) bond motifs is 1. The zero-order chi connectivity index (χ0) is 26.4. The summed E-state index contributed by atoms with van der Waals surface area (Å²) < 4.78 is 99.2. The molecule has 0 aliphatic rings. The highest BCUT2D eigenvalue weighted by molar-refractivity contribution is 7.92. The zero-order valence-electron chi connectivity index (χ0n) is 18.6.